The smallest absolute Gasteiger partial charge is 0.336 e. The Labute approximate surface area is 73.1 Å². The summed E-state index contributed by atoms with van der Waals surface area (Å²) in [6.45, 7) is -0.448. The lowest BCUT2D eigenvalue weighted by Gasteiger charge is -2.19. The molecule has 0 saturated heterocycles. The van der Waals surface area contributed by atoms with Crippen molar-refractivity contribution in [2.24, 2.45) is 0 Å². The summed E-state index contributed by atoms with van der Waals surface area (Å²) >= 11 is 0. The number of hydrogen-bond donors (Lipinski definition) is 4. The van der Waals surface area contributed by atoms with Crippen LogP contribution in [0.1, 0.15) is 12.8 Å². The number of aliphatic hydroxyl groups is 1. The van der Waals surface area contributed by atoms with Crippen LogP contribution in [0, 0.1) is 0 Å². The molecule has 4 N–H and O–H groups in total. The molecular weight excluding hydrogens is 184 g/mol. The summed E-state index contributed by atoms with van der Waals surface area (Å²) in [6, 6.07) is 0. The second-order valence-electron chi connectivity index (χ2n) is 2.49. The molecule has 0 aliphatic heterocycles. The maximum absolute atomic E-state index is 10.4. The first-order chi connectivity index (χ1) is 5.92. The second-order valence-corrected chi connectivity index (χ2v) is 2.49. The molecule has 0 aromatic carbocycles. The summed E-state index contributed by atoms with van der Waals surface area (Å²) in [5, 5.41) is 33.8. The zero-order chi connectivity index (χ0) is 10.5. The van der Waals surface area contributed by atoms with Crippen molar-refractivity contribution in [3.8, 4) is 0 Å². The van der Waals surface area contributed by atoms with E-state index in [1.54, 1.807) is 0 Å². The van der Waals surface area contributed by atoms with Crippen LogP contribution < -0.4 is 0 Å². The van der Waals surface area contributed by atoms with Crippen LogP contribution in [-0.4, -0.2) is 44.7 Å². The molecule has 0 amide bonds. The summed E-state index contributed by atoms with van der Waals surface area (Å²) in [5.41, 5.74) is -2.39. The van der Waals surface area contributed by atoms with Crippen LogP contribution in [0.25, 0.3) is 0 Å². The largest absolute Gasteiger partial charge is 0.481 e. The van der Waals surface area contributed by atoms with Crippen molar-refractivity contribution >= 4 is 11.9 Å². The molecule has 13 heavy (non-hydrogen) atoms. The lowest BCUT2D eigenvalue weighted by molar-refractivity contribution is -0.249. The van der Waals surface area contributed by atoms with E-state index in [0.29, 0.717) is 0 Å². The molecule has 0 radical (unpaired) electrons. The van der Waals surface area contributed by atoms with E-state index >= 15 is 0 Å². The van der Waals surface area contributed by atoms with Crippen LogP contribution in [0.3, 0.4) is 0 Å². The van der Waals surface area contributed by atoms with Crippen LogP contribution in [0.2, 0.25) is 0 Å². The Balaban J connectivity index is 4.34. The maximum Gasteiger partial charge on any atom is 0.336 e. The fourth-order valence-electron chi connectivity index (χ4n) is 0.736. The van der Waals surface area contributed by atoms with Gasteiger partial charge < -0.3 is 15.3 Å². The predicted molar refractivity (Wildman–Crippen MR) is 38.0 cm³/mol. The van der Waals surface area contributed by atoms with Gasteiger partial charge in [0, 0.05) is 6.42 Å². The first-order valence-corrected chi connectivity index (χ1v) is 3.36. The van der Waals surface area contributed by atoms with Gasteiger partial charge >= 0.3 is 11.9 Å². The molecule has 0 aromatic heterocycles. The molecule has 0 bridgehead atoms. The highest BCUT2D eigenvalue weighted by Gasteiger charge is 2.38. The fourth-order valence-corrected chi connectivity index (χ4v) is 0.736. The first-order valence-electron chi connectivity index (χ1n) is 3.36. The molecule has 0 heterocycles. The van der Waals surface area contributed by atoms with Crippen LogP contribution in [0.4, 0.5) is 0 Å². The highest BCUT2D eigenvalue weighted by molar-refractivity contribution is 5.83. The maximum atomic E-state index is 10.4. The Bertz CT molecular complexity index is 201. The normalized spacial score (nSPS) is 14.9. The van der Waals surface area contributed by atoms with Crippen LogP contribution in [0.15, 0.2) is 0 Å². The Morgan fingerprint density at radius 3 is 2.15 bits per heavy atom. The van der Waals surface area contributed by atoms with E-state index in [2.05, 4.69) is 4.89 Å². The zero-order valence-electron chi connectivity index (χ0n) is 6.63. The molecule has 1 unspecified atom stereocenters. The van der Waals surface area contributed by atoms with Gasteiger partial charge in [0.25, 0.3) is 0 Å². The molecule has 7 nitrogen and oxygen atoms in total. The summed E-state index contributed by atoms with van der Waals surface area (Å²) in [4.78, 5) is 24.1. The number of carbonyl (C=O) groups is 2. The molecule has 0 saturated carbocycles. The highest BCUT2D eigenvalue weighted by Crippen LogP contribution is 2.15. The third kappa shape index (κ3) is 3.83. The van der Waals surface area contributed by atoms with Gasteiger partial charge in [-0.15, -0.1) is 0 Å². The van der Waals surface area contributed by atoms with Gasteiger partial charge in [-0.05, 0) is 0 Å². The second kappa shape index (κ2) is 4.75. The van der Waals surface area contributed by atoms with E-state index in [4.69, 9.17) is 15.5 Å². The van der Waals surface area contributed by atoms with Gasteiger partial charge in [-0.2, -0.15) is 0 Å². The van der Waals surface area contributed by atoms with Gasteiger partial charge in [-0.25, -0.2) is 9.68 Å². The minimum atomic E-state index is -2.39. The molecule has 0 aromatic rings. The van der Waals surface area contributed by atoms with Crippen molar-refractivity contribution in [2.45, 2.75) is 18.4 Å². The third-order valence-corrected chi connectivity index (χ3v) is 1.45. The summed E-state index contributed by atoms with van der Waals surface area (Å²) < 4.78 is 0. The number of rotatable bonds is 6. The van der Waals surface area contributed by atoms with Gasteiger partial charge in [-0.3, -0.25) is 10.1 Å². The van der Waals surface area contributed by atoms with Gasteiger partial charge in [0.15, 0.2) is 5.60 Å². The standard InChI is InChI=1S/C6H10O7/c7-4(8)3-6(11,5(9)10)1-2-13-12/h11-12H,1-3H2,(H,7,8)(H,9,10). The average molecular weight is 194 g/mol. The fraction of sp³-hybridized carbons (Fsp3) is 0.667. The Kier molecular flexibility index (Phi) is 4.32. The van der Waals surface area contributed by atoms with E-state index in [0.717, 1.165) is 0 Å². The minimum Gasteiger partial charge on any atom is -0.481 e. The molecule has 1 atom stereocenters. The van der Waals surface area contributed by atoms with Crippen molar-refractivity contribution in [3.63, 3.8) is 0 Å². The van der Waals surface area contributed by atoms with E-state index in [1.165, 1.54) is 0 Å². The molecule has 0 aliphatic carbocycles. The van der Waals surface area contributed by atoms with Crippen molar-refractivity contribution in [1.82, 2.24) is 0 Å². The van der Waals surface area contributed by atoms with E-state index < -0.39 is 37.0 Å². The van der Waals surface area contributed by atoms with Gasteiger partial charge in [0.05, 0.1) is 13.0 Å². The molecule has 0 spiro atoms. The summed E-state index contributed by atoms with van der Waals surface area (Å²) in [7, 11) is 0. The van der Waals surface area contributed by atoms with E-state index in [1.807, 2.05) is 0 Å². The molecule has 0 rings (SSSR count). The minimum absolute atomic E-state index is 0.448. The van der Waals surface area contributed by atoms with Gasteiger partial charge in [-0.1, -0.05) is 0 Å². The molecule has 0 fully saturated rings. The van der Waals surface area contributed by atoms with Crippen LogP contribution in [-0.2, 0) is 14.5 Å². The topological polar surface area (TPSA) is 124 Å². The van der Waals surface area contributed by atoms with Crippen molar-refractivity contribution < 1.29 is 35.1 Å². The average Bonchev–Trinajstić information content (AvgIpc) is 1.99. The van der Waals surface area contributed by atoms with Crippen LogP contribution in [0.5, 0.6) is 0 Å². The zero-order valence-corrected chi connectivity index (χ0v) is 6.63. The number of carboxylic acids is 2. The Morgan fingerprint density at radius 2 is 1.85 bits per heavy atom. The number of hydrogen-bond acceptors (Lipinski definition) is 5. The van der Waals surface area contributed by atoms with Crippen molar-refractivity contribution in [3.05, 3.63) is 0 Å². The van der Waals surface area contributed by atoms with Gasteiger partial charge in [0.2, 0.25) is 0 Å². The monoisotopic (exact) mass is 194 g/mol. The highest BCUT2D eigenvalue weighted by atomic mass is 17.1. The molecule has 76 valence electrons. The number of carboxylic acid groups (broad SMARTS) is 2. The molecular formula is C6H10O7. The third-order valence-electron chi connectivity index (χ3n) is 1.45. The molecule has 7 heteroatoms. The first kappa shape index (κ1) is 11.8. The van der Waals surface area contributed by atoms with Crippen LogP contribution >= 0.6 is 0 Å². The predicted octanol–water partition coefficient (Wildman–Crippen LogP) is -0.844. The Morgan fingerprint density at radius 1 is 1.31 bits per heavy atom. The lowest BCUT2D eigenvalue weighted by Crippen LogP contribution is -2.41. The van der Waals surface area contributed by atoms with E-state index in [-0.39, 0.29) is 0 Å². The van der Waals surface area contributed by atoms with Crippen molar-refractivity contribution in [2.75, 3.05) is 6.61 Å². The van der Waals surface area contributed by atoms with Crippen molar-refractivity contribution in [1.29, 1.82) is 0 Å². The van der Waals surface area contributed by atoms with Gasteiger partial charge in [0.1, 0.15) is 0 Å². The molecule has 0 aliphatic rings. The quantitative estimate of drug-likeness (QED) is 0.321. The van der Waals surface area contributed by atoms with E-state index in [9.17, 15) is 14.7 Å². The number of aliphatic carboxylic acids is 2. The SMILES string of the molecule is O=C(O)CC(O)(CCOO)C(=O)O. The lowest BCUT2D eigenvalue weighted by atomic mass is 9.96. The summed E-state index contributed by atoms with van der Waals surface area (Å²) in [6.07, 6.45) is -1.43. The summed E-state index contributed by atoms with van der Waals surface area (Å²) in [5.74, 6) is -3.10. The Hall–Kier alpha value is -1.18.